The van der Waals surface area contributed by atoms with Crippen LogP contribution in [0.4, 0.5) is 5.69 Å². The molecule has 1 fully saturated rings. The fraction of sp³-hybridized carbons (Fsp3) is 0.222. The minimum Gasteiger partial charge on any atom is -0.327 e. The number of carbonyl (C=O) groups is 2. The van der Waals surface area contributed by atoms with Crippen LogP contribution in [-0.4, -0.2) is 57.8 Å². The van der Waals surface area contributed by atoms with Gasteiger partial charge < -0.3 is 9.80 Å². The molecule has 0 radical (unpaired) electrons. The van der Waals surface area contributed by atoms with E-state index >= 15 is 0 Å². The summed E-state index contributed by atoms with van der Waals surface area (Å²) in [5.74, 6) is -0.252. The third-order valence-corrected chi connectivity index (χ3v) is 5.15. The van der Waals surface area contributed by atoms with Gasteiger partial charge in [-0.25, -0.2) is 4.98 Å². The molecule has 1 aliphatic rings. The summed E-state index contributed by atoms with van der Waals surface area (Å²) in [7, 11) is 0. The van der Waals surface area contributed by atoms with Gasteiger partial charge in [-0.2, -0.15) is 5.10 Å². The summed E-state index contributed by atoms with van der Waals surface area (Å²) >= 11 is 1.42. The third kappa shape index (κ3) is 2.92. The monoisotopic (exact) mass is 367 g/mol. The average Bonchev–Trinajstić information content (AvgIpc) is 3.15. The van der Waals surface area contributed by atoms with E-state index in [1.165, 1.54) is 11.8 Å². The van der Waals surface area contributed by atoms with E-state index in [2.05, 4.69) is 15.2 Å². The fourth-order valence-corrected chi connectivity index (χ4v) is 3.64. The Morgan fingerprint density at radius 2 is 2.15 bits per heavy atom. The van der Waals surface area contributed by atoms with Crippen molar-refractivity contribution in [3.8, 4) is 0 Å². The molecule has 4 rings (SSSR count). The number of H-pyrrole nitrogens is 1. The van der Waals surface area contributed by atoms with Crippen molar-refractivity contribution >= 4 is 40.2 Å². The van der Waals surface area contributed by atoms with Crippen molar-refractivity contribution in [1.29, 1.82) is 0 Å². The highest BCUT2D eigenvalue weighted by atomic mass is 32.2. The van der Waals surface area contributed by atoms with E-state index < -0.39 is 0 Å². The van der Waals surface area contributed by atoms with Crippen molar-refractivity contribution in [2.24, 2.45) is 0 Å². The molecule has 2 aromatic heterocycles. The lowest BCUT2D eigenvalue weighted by atomic mass is 10.2. The van der Waals surface area contributed by atoms with Gasteiger partial charge in [-0.15, -0.1) is 11.8 Å². The number of benzene rings is 1. The Bertz CT molecular complexity index is 986. The molecule has 3 aromatic rings. The van der Waals surface area contributed by atoms with Crippen molar-refractivity contribution in [2.75, 3.05) is 30.8 Å². The Labute approximate surface area is 154 Å². The molecule has 132 valence electrons. The smallest absolute Gasteiger partial charge is 0.257 e. The van der Waals surface area contributed by atoms with Gasteiger partial charge in [0.05, 0.1) is 17.3 Å². The van der Waals surface area contributed by atoms with E-state index in [1.54, 1.807) is 34.3 Å². The maximum Gasteiger partial charge on any atom is 0.257 e. The minimum atomic E-state index is -0.153. The fourth-order valence-electron chi connectivity index (χ4n) is 3.10. The van der Waals surface area contributed by atoms with Gasteiger partial charge in [-0.1, -0.05) is 0 Å². The summed E-state index contributed by atoms with van der Waals surface area (Å²) in [5.41, 5.74) is 2.24. The summed E-state index contributed by atoms with van der Waals surface area (Å²) in [6.07, 6.45) is 5.29. The molecule has 1 aliphatic heterocycles. The molecule has 1 saturated heterocycles. The third-order valence-electron chi connectivity index (χ3n) is 4.44. The lowest BCUT2D eigenvalue weighted by molar-refractivity contribution is -0.120. The number of aromatic nitrogens is 3. The van der Waals surface area contributed by atoms with Crippen molar-refractivity contribution in [2.45, 2.75) is 5.03 Å². The van der Waals surface area contributed by atoms with Gasteiger partial charge in [0.1, 0.15) is 11.6 Å². The maximum atomic E-state index is 12.8. The van der Waals surface area contributed by atoms with Crippen LogP contribution in [0.15, 0.2) is 47.8 Å². The van der Waals surface area contributed by atoms with Crippen LogP contribution in [0.2, 0.25) is 0 Å². The van der Waals surface area contributed by atoms with Crippen LogP contribution < -0.4 is 4.90 Å². The number of pyridine rings is 1. The SMILES string of the molecule is CSc1ncccc1C(=O)N1CCN(c2ccc3cn[nH]c3c2)C(=O)C1. The quantitative estimate of drug-likeness (QED) is 0.718. The van der Waals surface area contributed by atoms with Gasteiger partial charge in [-0.05, 0) is 36.6 Å². The summed E-state index contributed by atoms with van der Waals surface area (Å²) in [6.45, 7) is 0.996. The van der Waals surface area contributed by atoms with Crippen LogP contribution in [0.25, 0.3) is 10.9 Å². The molecule has 0 atom stereocenters. The molecule has 1 aromatic carbocycles. The summed E-state index contributed by atoms with van der Waals surface area (Å²) in [4.78, 5) is 33.0. The number of fused-ring (bicyclic) bond motifs is 1. The van der Waals surface area contributed by atoms with Crippen molar-refractivity contribution in [1.82, 2.24) is 20.1 Å². The first-order chi connectivity index (χ1) is 12.7. The van der Waals surface area contributed by atoms with E-state index in [0.29, 0.717) is 23.7 Å². The Morgan fingerprint density at radius 3 is 2.96 bits per heavy atom. The first-order valence-electron chi connectivity index (χ1n) is 8.19. The molecule has 1 N–H and O–H groups in total. The number of aromatic amines is 1. The second kappa shape index (κ2) is 6.80. The molecular formula is C18H17N5O2S. The van der Waals surface area contributed by atoms with Crippen LogP contribution in [0.1, 0.15) is 10.4 Å². The predicted octanol–water partition coefficient (Wildman–Crippen LogP) is 2.17. The number of nitrogens with zero attached hydrogens (tertiary/aromatic N) is 4. The molecule has 0 bridgehead atoms. The normalized spacial score (nSPS) is 14.9. The lowest BCUT2D eigenvalue weighted by Crippen LogP contribution is -2.52. The second-order valence-corrected chi connectivity index (χ2v) is 6.77. The number of hydrogen-bond donors (Lipinski definition) is 1. The van der Waals surface area contributed by atoms with Crippen molar-refractivity contribution in [3.05, 3.63) is 48.3 Å². The molecule has 26 heavy (non-hydrogen) atoms. The number of piperazine rings is 1. The topological polar surface area (TPSA) is 82.2 Å². The number of amides is 2. The number of nitrogens with one attached hydrogen (secondary N) is 1. The zero-order valence-corrected chi connectivity index (χ0v) is 15.0. The first-order valence-corrected chi connectivity index (χ1v) is 9.41. The second-order valence-electron chi connectivity index (χ2n) is 5.97. The highest BCUT2D eigenvalue weighted by molar-refractivity contribution is 7.98. The van der Waals surface area contributed by atoms with E-state index in [4.69, 9.17) is 0 Å². The summed E-state index contributed by atoms with van der Waals surface area (Å²) in [5, 5.41) is 8.59. The highest BCUT2D eigenvalue weighted by Crippen LogP contribution is 2.24. The van der Waals surface area contributed by atoms with Crippen LogP contribution in [0.3, 0.4) is 0 Å². The first kappa shape index (κ1) is 16.6. The highest BCUT2D eigenvalue weighted by Gasteiger charge is 2.29. The van der Waals surface area contributed by atoms with Gasteiger partial charge >= 0.3 is 0 Å². The van der Waals surface area contributed by atoms with Gasteiger partial charge in [0.25, 0.3) is 5.91 Å². The number of hydrogen-bond acceptors (Lipinski definition) is 5. The Hall–Kier alpha value is -2.87. The molecule has 0 unspecified atom stereocenters. The zero-order valence-electron chi connectivity index (χ0n) is 14.2. The Kier molecular flexibility index (Phi) is 4.34. The van der Waals surface area contributed by atoms with Gasteiger partial charge in [-0.3, -0.25) is 14.7 Å². The maximum absolute atomic E-state index is 12.8. The molecule has 3 heterocycles. The van der Waals surface area contributed by atoms with Crippen molar-refractivity contribution in [3.63, 3.8) is 0 Å². The number of rotatable bonds is 3. The summed E-state index contributed by atoms with van der Waals surface area (Å²) in [6, 6.07) is 9.24. The van der Waals surface area contributed by atoms with Crippen LogP contribution in [-0.2, 0) is 4.79 Å². The van der Waals surface area contributed by atoms with Crippen LogP contribution >= 0.6 is 11.8 Å². The lowest BCUT2D eigenvalue weighted by Gasteiger charge is -2.34. The number of carbonyl (C=O) groups excluding carboxylic acids is 2. The molecule has 2 amide bonds. The minimum absolute atomic E-state index is 0.0581. The standard InChI is InChI=1S/C18H17N5O2S/c1-26-17-14(3-2-6-19-17)18(25)22-7-8-23(16(24)11-22)13-5-4-12-10-20-21-15(12)9-13/h2-6,9-10H,7-8,11H2,1H3,(H,20,21). The Balaban J connectivity index is 1.53. The average molecular weight is 367 g/mol. The zero-order chi connectivity index (χ0) is 18.1. The van der Waals surface area contributed by atoms with Gasteiger partial charge in [0, 0.05) is 30.4 Å². The molecule has 0 aliphatic carbocycles. The van der Waals surface area contributed by atoms with E-state index in [9.17, 15) is 9.59 Å². The van der Waals surface area contributed by atoms with E-state index in [-0.39, 0.29) is 18.4 Å². The van der Waals surface area contributed by atoms with Crippen LogP contribution in [0.5, 0.6) is 0 Å². The molecule has 0 saturated carbocycles. The predicted molar refractivity (Wildman–Crippen MR) is 100 cm³/mol. The van der Waals surface area contributed by atoms with E-state index in [1.807, 2.05) is 24.5 Å². The molecule has 7 nitrogen and oxygen atoms in total. The van der Waals surface area contributed by atoms with Crippen LogP contribution in [0, 0.1) is 0 Å². The molecule has 0 spiro atoms. The number of anilines is 1. The molecular weight excluding hydrogens is 350 g/mol. The van der Waals surface area contributed by atoms with Gasteiger partial charge in [0.15, 0.2) is 0 Å². The number of thioether (sulfide) groups is 1. The largest absolute Gasteiger partial charge is 0.327 e. The Morgan fingerprint density at radius 1 is 1.27 bits per heavy atom. The van der Waals surface area contributed by atoms with E-state index in [0.717, 1.165) is 16.6 Å². The van der Waals surface area contributed by atoms with Gasteiger partial charge in [0.2, 0.25) is 5.91 Å². The summed E-state index contributed by atoms with van der Waals surface area (Å²) < 4.78 is 0. The van der Waals surface area contributed by atoms with Crippen molar-refractivity contribution < 1.29 is 9.59 Å². The molecule has 8 heteroatoms.